The fraction of sp³-hybridized carbons (Fsp3) is 0.100. The van der Waals surface area contributed by atoms with E-state index < -0.39 is 0 Å². The van der Waals surface area contributed by atoms with Crippen LogP contribution in [0.2, 0.25) is 0 Å². The van der Waals surface area contributed by atoms with E-state index in [1.54, 1.807) is 0 Å². The molecular weight excluding hydrogens is 412 g/mol. The summed E-state index contributed by atoms with van der Waals surface area (Å²) in [4.78, 5) is 16.6. The normalized spacial score (nSPS) is 11.1. The Hall–Kier alpha value is -2.28. The van der Waals surface area contributed by atoms with E-state index in [0.29, 0.717) is 18.2 Å². The third kappa shape index (κ3) is 3.23. The first-order chi connectivity index (χ1) is 12.8. The molecule has 0 atom stereocenters. The van der Waals surface area contributed by atoms with Crippen LogP contribution in [-0.2, 0) is 18.1 Å². The van der Waals surface area contributed by atoms with Crippen LogP contribution >= 0.6 is 27.3 Å². The van der Waals surface area contributed by atoms with Gasteiger partial charge in [-0.05, 0) is 33.6 Å². The molecule has 0 aliphatic carbocycles. The van der Waals surface area contributed by atoms with E-state index in [1.165, 1.54) is 11.3 Å². The standard InChI is InChI=1S/C20H15BrN2O2S/c21-19-15(12-26-18(19)10-24)20-22-16-8-4-5-9-17(16)23(20)13-25-11-14-6-2-1-3-7-14/h1-10,12H,11,13H2. The zero-order chi connectivity index (χ0) is 17.9. The number of fused-ring (bicyclic) bond motifs is 1. The number of halogens is 1. The maximum absolute atomic E-state index is 11.2. The molecule has 6 heteroatoms. The molecule has 0 fully saturated rings. The van der Waals surface area contributed by atoms with Gasteiger partial charge in [-0.25, -0.2) is 4.98 Å². The molecule has 26 heavy (non-hydrogen) atoms. The number of carbonyl (C=O) groups excluding carboxylic acids is 1. The zero-order valence-corrected chi connectivity index (χ0v) is 16.2. The minimum Gasteiger partial charge on any atom is -0.356 e. The highest BCUT2D eigenvalue weighted by Crippen LogP contribution is 2.36. The Bertz CT molecular complexity index is 1060. The van der Waals surface area contributed by atoms with Crippen molar-refractivity contribution in [1.82, 2.24) is 9.55 Å². The van der Waals surface area contributed by atoms with Gasteiger partial charge in [0.1, 0.15) is 12.6 Å². The van der Waals surface area contributed by atoms with Gasteiger partial charge in [-0.2, -0.15) is 0 Å². The minimum atomic E-state index is 0.378. The van der Waals surface area contributed by atoms with Crippen LogP contribution in [0.1, 0.15) is 15.2 Å². The topological polar surface area (TPSA) is 44.1 Å². The largest absolute Gasteiger partial charge is 0.356 e. The van der Waals surface area contributed by atoms with Gasteiger partial charge >= 0.3 is 0 Å². The van der Waals surface area contributed by atoms with E-state index in [2.05, 4.69) is 15.9 Å². The number of hydrogen-bond donors (Lipinski definition) is 0. The summed E-state index contributed by atoms with van der Waals surface area (Å²) < 4.78 is 8.77. The van der Waals surface area contributed by atoms with Gasteiger partial charge in [0.05, 0.1) is 22.5 Å². The quantitative estimate of drug-likeness (QED) is 0.381. The van der Waals surface area contributed by atoms with Gasteiger partial charge in [-0.15, -0.1) is 11.3 Å². The first-order valence-corrected chi connectivity index (χ1v) is 9.74. The van der Waals surface area contributed by atoms with Crippen molar-refractivity contribution >= 4 is 44.6 Å². The van der Waals surface area contributed by atoms with E-state index >= 15 is 0 Å². The van der Waals surface area contributed by atoms with Crippen molar-refractivity contribution < 1.29 is 9.53 Å². The SMILES string of the molecule is O=Cc1scc(-c2nc3ccccc3n2COCc2ccccc2)c1Br. The zero-order valence-electron chi connectivity index (χ0n) is 13.8. The van der Waals surface area contributed by atoms with Crippen molar-refractivity contribution in [2.45, 2.75) is 13.3 Å². The first-order valence-electron chi connectivity index (χ1n) is 8.07. The molecule has 0 bridgehead atoms. The lowest BCUT2D eigenvalue weighted by molar-refractivity contribution is 0.0674. The van der Waals surface area contributed by atoms with Crippen molar-refractivity contribution in [2.24, 2.45) is 0 Å². The van der Waals surface area contributed by atoms with Crippen molar-refractivity contribution in [3.8, 4) is 11.4 Å². The Balaban J connectivity index is 1.70. The van der Waals surface area contributed by atoms with Crippen molar-refractivity contribution in [3.63, 3.8) is 0 Å². The van der Waals surface area contributed by atoms with Crippen LogP contribution < -0.4 is 0 Å². The highest BCUT2D eigenvalue weighted by Gasteiger charge is 2.18. The molecule has 2 heterocycles. The Morgan fingerprint density at radius 1 is 1.12 bits per heavy atom. The summed E-state index contributed by atoms with van der Waals surface area (Å²) in [7, 11) is 0. The summed E-state index contributed by atoms with van der Waals surface area (Å²) in [6.45, 7) is 0.903. The molecule has 0 aliphatic heterocycles. The Labute approximate surface area is 163 Å². The summed E-state index contributed by atoms with van der Waals surface area (Å²) >= 11 is 4.93. The number of rotatable bonds is 6. The number of imidazole rings is 1. The van der Waals surface area contributed by atoms with Gasteiger partial charge in [0.25, 0.3) is 0 Å². The second-order valence-electron chi connectivity index (χ2n) is 5.76. The highest BCUT2D eigenvalue weighted by molar-refractivity contribution is 9.10. The van der Waals surface area contributed by atoms with Crippen LogP contribution in [0.3, 0.4) is 0 Å². The van der Waals surface area contributed by atoms with Crippen molar-refractivity contribution in [1.29, 1.82) is 0 Å². The lowest BCUT2D eigenvalue weighted by Gasteiger charge is -2.10. The fourth-order valence-electron chi connectivity index (χ4n) is 2.83. The maximum atomic E-state index is 11.2. The van der Waals surface area contributed by atoms with Crippen LogP contribution in [0.25, 0.3) is 22.4 Å². The molecule has 0 radical (unpaired) electrons. The average Bonchev–Trinajstić information content (AvgIpc) is 3.23. The maximum Gasteiger partial charge on any atom is 0.161 e. The fourth-order valence-corrected chi connectivity index (χ4v) is 4.38. The summed E-state index contributed by atoms with van der Waals surface area (Å²) in [5, 5.41) is 1.95. The lowest BCUT2D eigenvalue weighted by atomic mass is 10.2. The molecule has 0 N–H and O–H groups in total. The van der Waals surface area contributed by atoms with Crippen LogP contribution in [0, 0.1) is 0 Å². The van der Waals surface area contributed by atoms with Crippen molar-refractivity contribution in [2.75, 3.05) is 0 Å². The number of thiophene rings is 1. The van der Waals surface area contributed by atoms with Gasteiger partial charge in [-0.3, -0.25) is 9.36 Å². The predicted octanol–water partition coefficient (Wildman–Crippen LogP) is 5.51. The highest BCUT2D eigenvalue weighted by atomic mass is 79.9. The van der Waals surface area contributed by atoms with E-state index in [1.807, 2.05) is 64.5 Å². The Kier molecular flexibility index (Phi) is 4.97. The molecule has 130 valence electrons. The van der Waals surface area contributed by atoms with Crippen LogP contribution in [0.4, 0.5) is 0 Å². The van der Waals surface area contributed by atoms with Gasteiger partial charge in [0, 0.05) is 15.4 Å². The molecule has 0 spiro atoms. The van der Waals surface area contributed by atoms with E-state index in [4.69, 9.17) is 9.72 Å². The first kappa shape index (κ1) is 17.1. The predicted molar refractivity (Wildman–Crippen MR) is 107 cm³/mol. The second kappa shape index (κ2) is 7.53. The van der Waals surface area contributed by atoms with Crippen LogP contribution in [0.15, 0.2) is 64.5 Å². The van der Waals surface area contributed by atoms with Crippen molar-refractivity contribution in [3.05, 3.63) is 74.9 Å². The average molecular weight is 427 g/mol. The molecule has 4 aromatic rings. The number of hydrogen-bond acceptors (Lipinski definition) is 4. The summed E-state index contributed by atoms with van der Waals surface area (Å²) in [5.41, 5.74) is 3.92. The second-order valence-corrected chi connectivity index (χ2v) is 7.47. The number of carbonyl (C=O) groups is 1. The van der Waals surface area contributed by atoms with Gasteiger partial charge in [0.15, 0.2) is 6.29 Å². The third-order valence-electron chi connectivity index (χ3n) is 4.09. The summed E-state index contributed by atoms with van der Waals surface area (Å²) in [5.74, 6) is 0.787. The van der Waals surface area contributed by atoms with E-state index in [-0.39, 0.29) is 0 Å². The van der Waals surface area contributed by atoms with E-state index in [0.717, 1.165) is 38.7 Å². The number of nitrogens with zero attached hydrogens (tertiary/aromatic N) is 2. The third-order valence-corrected chi connectivity index (χ3v) is 6.12. The molecule has 0 saturated heterocycles. The molecule has 2 aromatic heterocycles. The molecule has 2 aromatic carbocycles. The van der Waals surface area contributed by atoms with Gasteiger partial charge < -0.3 is 4.74 Å². The number of ether oxygens (including phenoxy) is 1. The monoisotopic (exact) mass is 426 g/mol. The molecule has 0 saturated carbocycles. The molecule has 0 unspecified atom stereocenters. The molecule has 0 amide bonds. The Morgan fingerprint density at radius 2 is 1.88 bits per heavy atom. The summed E-state index contributed by atoms with van der Waals surface area (Å²) in [6.07, 6.45) is 0.858. The minimum absolute atomic E-state index is 0.378. The number of aldehydes is 1. The molecule has 0 aliphatic rings. The number of aromatic nitrogens is 2. The smallest absolute Gasteiger partial charge is 0.161 e. The van der Waals surface area contributed by atoms with Gasteiger partial charge in [0.2, 0.25) is 0 Å². The molecule has 4 nitrogen and oxygen atoms in total. The lowest BCUT2D eigenvalue weighted by Crippen LogP contribution is -2.04. The number of benzene rings is 2. The summed E-state index contributed by atoms with van der Waals surface area (Å²) in [6, 6.07) is 18.0. The van der Waals surface area contributed by atoms with Crippen LogP contribution in [0.5, 0.6) is 0 Å². The van der Waals surface area contributed by atoms with E-state index in [9.17, 15) is 4.79 Å². The molecule has 4 rings (SSSR count). The Morgan fingerprint density at radius 3 is 2.65 bits per heavy atom. The van der Waals surface area contributed by atoms with Gasteiger partial charge in [-0.1, -0.05) is 42.5 Å². The number of para-hydroxylation sites is 2. The molecular formula is C20H15BrN2O2S. The van der Waals surface area contributed by atoms with Crippen LogP contribution in [-0.4, -0.2) is 15.8 Å².